The number of rotatable bonds is 3. The minimum atomic E-state index is 0.0193. The number of morpholine rings is 1. The van der Waals surface area contributed by atoms with Gasteiger partial charge in [0.05, 0.1) is 25.9 Å². The molecule has 0 saturated carbocycles. The monoisotopic (exact) mass is 406 g/mol. The maximum Gasteiger partial charge on any atom is 0.227 e. The second-order valence-electron chi connectivity index (χ2n) is 8.19. The number of hydrogen-bond donors (Lipinski definition) is 0. The molecule has 0 aliphatic carbocycles. The Labute approximate surface area is 175 Å². The molecule has 1 aromatic heterocycles. The van der Waals surface area contributed by atoms with Crippen molar-refractivity contribution < 1.29 is 18.7 Å². The quantitative estimate of drug-likeness (QED) is 0.670. The fourth-order valence-corrected chi connectivity index (χ4v) is 4.70. The van der Waals surface area contributed by atoms with Crippen molar-refractivity contribution in [2.75, 3.05) is 39.4 Å². The largest absolute Gasteiger partial charge is 0.464 e. The maximum absolute atomic E-state index is 13.0. The van der Waals surface area contributed by atoms with E-state index in [-0.39, 0.29) is 17.7 Å². The zero-order valence-electron chi connectivity index (χ0n) is 17.0. The topological polar surface area (TPSA) is 63.0 Å². The molecular formula is C24H26N2O4. The molecule has 0 N–H and O–H groups in total. The van der Waals surface area contributed by atoms with E-state index in [2.05, 4.69) is 12.1 Å². The summed E-state index contributed by atoms with van der Waals surface area (Å²) in [7, 11) is 0. The number of piperidine rings is 1. The summed E-state index contributed by atoms with van der Waals surface area (Å²) in [5.41, 5.74) is 1.74. The maximum atomic E-state index is 13.0. The highest BCUT2D eigenvalue weighted by Gasteiger charge is 2.31. The predicted octanol–water partition coefficient (Wildman–Crippen LogP) is 3.23. The highest BCUT2D eigenvalue weighted by atomic mass is 16.5. The molecule has 3 aromatic rings. The van der Waals surface area contributed by atoms with E-state index in [9.17, 15) is 9.59 Å². The summed E-state index contributed by atoms with van der Waals surface area (Å²) < 4.78 is 11.1. The summed E-state index contributed by atoms with van der Waals surface area (Å²) in [5.74, 6) is 0.339. The average molecular weight is 406 g/mol. The van der Waals surface area contributed by atoms with E-state index < -0.39 is 0 Å². The SMILES string of the molecule is O=C(Cc1coc2ccc3ccccc3c12)N1CCC(C(=O)N2CCOCC2)CC1. The van der Waals surface area contributed by atoms with Crippen LogP contribution in [-0.4, -0.2) is 61.0 Å². The summed E-state index contributed by atoms with van der Waals surface area (Å²) in [6, 6.07) is 12.2. The Hall–Kier alpha value is -2.86. The van der Waals surface area contributed by atoms with Crippen LogP contribution in [0, 0.1) is 5.92 Å². The summed E-state index contributed by atoms with van der Waals surface area (Å²) >= 11 is 0. The molecule has 0 bridgehead atoms. The Morgan fingerprint density at radius 3 is 2.50 bits per heavy atom. The highest BCUT2D eigenvalue weighted by molar-refractivity contribution is 6.08. The van der Waals surface area contributed by atoms with E-state index in [0.717, 1.165) is 40.1 Å². The summed E-state index contributed by atoms with van der Waals surface area (Å²) in [6.45, 7) is 3.87. The van der Waals surface area contributed by atoms with E-state index in [1.54, 1.807) is 6.26 Å². The molecule has 2 fully saturated rings. The molecule has 2 aliphatic rings. The Kier molecular flexibility index (Phi) is 5.17. The molecule has 0 unspecified atom stereocenters. The highest BCUT2D eigenvalue weighted by Crippen LogP contribution is 2.30. The summed E-state index contributed by atoms with van der Waals surface area (Å²) in [6.07, 6.45) is 3.50. The zero-order valence-corrected chi connectivity index (χ0v) is 17.0. The Bertz CT molecular complexity index is 1080. The first kappa shape index (κ1) is 19.1. The van der Waals surface area contributed by atoms with E-state index in [4.69, 9.17) is 9.15 Å². The van der Waals surface area contributed by atoms with Crippen molar-refractivity contribution in [1.82, 2.24) is 9.80 Å². The molecule has 6 nitrogen and oxygen atoms in total. The molecule has 0 atom stereocenters. The fraction of sp³-hybridized carbons (Fsp3) is 0.417. The third-order valence-electron chi connectivity index (χ3n) is 6.40. The second kappa shape index (κ2) is 8.11. The van der Waals surface area contributed by atoms with Crippen LogP contribution in [0.25, 0.3) is 21.7 Å². The van der Waals surface area contributed by atoms with Crippen molar-refractivity contribution in [2.45, 2.75) is 19.3 Å². The lowest BCUT2D eigenvalue weighted by Gasteiger charge is -2.35. The standard InChI is InChI=1S/C24H26N2O4/c27-22(25-9-7-18(8-10-25)24(28)26-11-13-29-14-12-26)15-19-16-30-21-6-5-17-3-1-2-4-20(17)23(19)21/h1-6,16,18H,7-15H2. The van der Waals surface area contributed by atoms with Gasteiger partial charge in [-0.3, -0.25) is 9.59 Å². The van der Waals surface area contributed by atoms with Gasteiger partial charge in [-0.15, -0.1) is 0 Å². The molecule has 156 valence electrons. The van der Waals surface area contributed by atoms with Gasteiger partial charge in [-0.2, -0.15) is 0 Å². The molecule has 2 aliphatic heterocycles. The van der Waals surface area contributed by atoms with Crippen molar-refractivity contribution in [3.8, 4) is 0 Å². The molecule has 30 heavy (non-hydrogen) atoms. The van der Waals surface area contributed by atoms with Crippen molar-refractivity contribution >= 4 is 33.6 Å². The predicted molar refractivity (Wildman–Crippen MR) is 114 cm³/mol. The van der Waals surface area contributed by atoms with Gasteiger partial charge in [-0.05, 0) is 29.7 Å². The van der Waals surface area contributed by atoms with Crippen LogP contribution in [-0.2, 0) is 20.7 Å². The summed E-state index contributed by atoms with van der Waals surface area (Å²) in [5, 5.41) is 3.28. The minimum absolute atomic E-state index is 0.0193. The first-order valence-electron chi connectivity index (χ1n) is 10.7. The number of fused-ring (bicyclic) bond motifs is 3. The van der Waals surface area contributed by atoms with Crippen LogP contribution in [0.3, 0.4) is 0 Å². The molecule has 2 aromatic carbocycles. The van der Waals surface area contributed by atoms with Gasteiger partial charge in [0.2, 0.25) is 11.8 Å². The lowest BCUT2D eigenvalue weighted by Crippen LogP contribution is -2.47. The Morgan fingerprint density at radius 1 is 0.933 bits per heavy atom. The van der Waals surface area contributed by atoms with Gasteiger partial charge in [0.25, 0.3) is 0 Å². The van der Waals surface area contributed by atoms with Gasteiger partial charge in [0.1, 0.15) is 5.58 Å². The first-order valence-corrected chi connectivity index (χ1v) is 10.7. The molecule has 0 radical (unpaired) electrons. The molecule has 0 spiro atoms. The third-order valence-corrected chi connectivity index (χ3v) is 6.40. The zero-order chi connectivity index (χ0) is 20.5. The normalized spacial score (nSPS) is 18.3. The minimum Gasteiger partial charge on any atom is -0.464 e. The molecule has 3 heterocycles. The van der Waals surface area contributed by atoms with Gasteiger partial charge in [0, 0.05) is 43.0 Å². The summed E-state index contributed by atoms with van der Waals surface area (Å²) in [4.78, 5) is 29.5. The molecule has 6 heteroatoms. The second-order valence-corrected chi connectivity index (χ2v) is 8.19. The van der Waals surface area contributed by atoms with Gasteiger partial charge in [0.15, 0.2) is 0 Å². The Balaban J connectivity index is 1.26. The number of nitrogens with zero attached hydrogens (tertiary/aromatic N) is 2. The number of carbonyl (C=O) groups excluding carboxylic acids is 2. The molecule has 2 amide bonds. The lowest BCUT2D eigenvalue weighted by molar-refractivity contribution is -0.143. The number of furan rings is 1. The van der Waals surface area contributed by atoms with Gasteiger partial charge in [-0.25, -0.2) is 0 Å². The van der Waals surface area contributed by atoms with E-state index in [0.29, 0.717) is 45.8 Å². The Morgan fingerprint density at radius 2 is 1.70 bits per heavy atom. The number of hydrogen-bond acceptors (Lipinski definition) is 4. The van der Waals surface area contributed by atoms with Crippen LogP contribution in [0.15, 0.2) is 47.1 Å². The number of likely N-dealkylation sites (tertiary alicyclic amines) is 1. The van der Waals surface area contributed by atoms with Gasteiger partial charge >= 0.3 is 0 Å². The smallest absolute Gasteiger partial charge is 0.227 e. The number of amides is 2. The van der Waals surface area contributed by atoms with Gasteiger partial charge < -0.3 is 19.0 Å². The van der Waals surface area contributed by atoms with Gasteiger partial charge in [-0.1, -0.05) is 30.3 Å². The molecular weight excluding hydrogens is 380 g/mol. The van der Waals surface area contributed by atoms with Crippen LogP contribution in [0.4, 0.5) is 0 Å². The van der Waals surface area contributed by atoms with Crippen LogP contribution in [0.5, 0.6) is 0 Å². The fourth-order valence-electron chi connectivity index (χ4n) is 4.70. The first-order chi connectivity index (χ1) is 14.7. The number of ether oxygens (including phenoxy) is 1. The van der Waals surface area contributed by atoms with E-state index >= 15 is 0 Å². The van der Waals surface area contributed by atoms with Crippen molar-refractivity contribution in [3.05, 3.63) is 48.2 Å². The third kappa shape index (κ3) is 3.56. The van der Waals surface area contributed by atoms with Crippen molar-refractivity contribution in [1.29, 1.82) is 0 Å². The van der Waals surface area contributed by atoms with Crippen LogP contribution in [0.2, 0.25) is 0 Å². The number of benzene rings is 2. The molecule has 5 rings (SSSR count). The van der Waals surface area contributed by atoms with Crippen LogP contribution in [0.1, 0.15) is 18.4 Å². The van der Waals surface area contributed by atoms with Crippen LogP contribution >= 0.6 is 0 Å². The van der Waals surface area contributed by atoms with E-state index in [1.807, 2.05) is 34.1 Å². The van der Waals surface area contributed by atoms with Crippen molar-refractivity contribution in [2.24, 2.45) is 5.92 Å². The lowest BCUT2D eigenvalue weighted by atomic mass is 9.94. The van der Waals surface area contributed by atoms with E-state index in [1.165, 1.54) is 0 Å². The number of carbonyl (C=O) groups is 2. The average Bonchev–Trinajstić information content (AvgIpc) is 3.22. The van der Waals surface area contributed by atoms with Crippen LogP contribution < -0.4 is 0 Å². The molecule has 2 saturated heterocycles. The van der Waals surface area contributed by atoms with Crippen molar-refractivity contribution in [3.63, 3.8) is 0 Å².